The number of thiophene rings is 1. The maximum Gasteiger partial charge on any atom is 0.336 e. The summed E-state index contributed by atoms with van der Waals surface area (Å²) < 4.78 is 3.10. The fourth-order valence-electron chi connectivity index (χ4n) is 3.40. The van der Waals surface area contributed by atoms with Crippen LogP contribution in [0.4, 0.5) is 0 Å². The van der Waals surface area contributed by atoms with E-state index in [2.05, 4.69) is 0 Å². The maximum absolute atomic E-state index is 13.3. The number of rotatable bonds is 7. The summed E-state index contributed by atoms with van der Waals surface area (Å²) in [4.78, 5) is 41.0. The highest BCUT2D eigenvalue weighted by atomic mass is 32.1. The Kier molecular flexibility index (Phi) is 6.14. The second-order valence-corrected chi connectivity index (χ2v) is 7.73. The van der Waals surface area contributed by atoms with Crippen LogP contribution in [-0.4, -0.2) is 33.0 Å². The molecule has 0 aliphatic carbocycles. The molecule has 0 bridgehead atoms. The fraction of sp³-hybridized carbons (Fsp3) is 0.381. The summed E-state index contributed by atoms with van der Waals surface area (Å²) in [6, 6.07) is 9.02. The van der Waals surface area contributed by atoms with Crippen molar-refractivity contribution in [2.45, 2.75) is 40.2 Å². The van der Waals surface area contributed by atoms with Gasteiger partial charge >= 0.3 is 5.69 Å². The second kappa shape index (κ2) is 8.56. The lowest BCUT2D eigenvalue weighted by molar-refractivity contribution is -0.131. The van der Waals surface area contributed by atoms with Crippen LogP contribution in [0.5, 0.6) is 0 Å². The van der Waals surface area contributed by atoms with Crippen molar-refractivity contribution in [2.24, 2.45) is 0 Å². The number of carbonyl (C=O) groups excluding carboxylic acids is 1. The largest absolute Gasteiger partial charge is 0.341 e. The molecule has 28 heavy (non-hydrogen) atoms. The number of nitrogens with zero attached hydrogens (tertiary/aromatic N) is 3. The first-order valence-corrected chi connectivity index (χ1v) is 10.4. The Morgan fingerprint density at radius 3 is 2.39 bits per heavy atom. The summed E-state index contributed by atoms with van der Waals surface area (Å²) in [7, 11) is 0. The Morgan fingerprint density at radius 1 is 1.07 bits per heavy atom. The van der Waals surface area contributed by atoms with E-state index in [1.807, 2.05) is 32.9 Å². The zero-order valence-electron chi connectivity index (χ0n) is 16.5. The first-order valence-electron chi connectivity index (χ1n) is 9.56. The molecule has 148 valence electrons. The molecule has 0 spiro atoms. The number of aryl methyl sites for hydroxylation is 1. The Morgan fingerprint density at radius 2 is 1.75 bits per heavy atom. The van der Waals surface area contributed by atoms with Gasteiger partial charge in [-0.2, -0.15) is 0 Å². The molecule has 0 aliphatic rings. The molecule has 0 aliphatic heterocycles. The van der Waals surface area contributed by atoms with E-state index in [0.29, 0.717) is 29.0 Å². The van der Waals surface area contributed by atoms with Gasteiger partial charge in [-0.05, 0) is 42.8 Å². The summed E-state index contributed by atoms with van der Waals surface area (Å²) >= 11 is 1.29. The van der Waals surface area contributed by atoms with Crippen LogP contribution >= 0.6 is 11.3 Å². The molecular weight excluding hydrogens is 374 g/mol. The third-order valence-corrected chi connectivity index (χ3v) is 5.64. The van der Waals surface area contributed by atoms with Crippen LogP contribution in [0.15, 0.2) is 45.3 Å². The molecule has 6 nitrogen and oxygen atoms in total. The molecule has 3 aromatic rings. The van der Waals surface area contributed by atoms with Crippen molar-refractivity contribution in [1.29, 1.82) is 0 Å². The Labute approximate surface area is 167 Å². The van der Waals surface area contributed by atoms with E-state index in [1.54, 1.807) is 28.5 Å². The van der Waals surface area contributed by atoms with Crippen molar-refractivity contribution in [3.8, 4) is 5.69 Å². The zero-order chi connectivity index (χ0) is 20.3. The summed E-state index contributed by atoms with van der Waals surface area (Å²) in [6.45, 7) is 7.16. The van der Waals surface area contributed by atoms with Crippen LogP contribution in [0.1, 0.15) is 32.3 Å². The third-order valence-electron chi connectivity index (χ3n) is 4.74. The summed E-state index contributed by atoms with van der Waals surface area (Å²) in [5, 5.41) is 1.78. The van der Waals surface area contributed by atoms with Crippen LogP contribution < -0.4 is 11.2 Å². The fourth-order valence-corrected chi connectivity index (χ4v) is 4.23. The van der Waals surface area contributed by atoms with Crippen molar-refractivity contribution in [3.63, 3.8) is 0 Å². The van der Waals surface area contributed by atoms with Crippen LogP contribution in [0, 0.1) is 6.92 Å². The lowest BCUT2D eigenvalue weighted by Crippen LogP contribution is -2.43. The summed E-state index contributed by atoms with van der Waals surface area (Å²) in [5.74, 6) is -0.103. The van der Waals surface area contributed by atoms with E-state index < -0.39 is 5.69 Å². The number of hydrogen-bond donors (Lipinski definition) is 0. The number of aromatic nitrogens is 2. The predicted octanol–water partition coefficient (Wildman–Crippen LogP) is 3.17. The number of para-hydroxylation sites is 1. The number of fused-ring (bicyclic) bond motifs is 1. The minimum absolute atomic E-state index is 0.0712. The molecule has 0 atom stereocenters. The molecule has 1 aromatic carbocycles. The van der Waals surface area contributed by atoms with Crippen molar-refractivity contribution in [1.82, 2.24) is 14.0 Å². The average molecular weight is 400 g/mol. The van der Waals surface area contributed by atoms with Gasteiger partial charge in [-0.3, -0.25) is 14.2 Å². The molecule has 0 saturated carbocycles. The molecule has 2 heterocycles. The summed E-state index contributed by atoms with van der Waals surface area (Å²) in [5.41, 5.74) is 1.08. The highest BCUT2D eigenvalue weighted by Gasteiger charge is 2.20. The SMILES string of the molecule is CCCN(CCC)C(=O)Cn1c(=O)n(-c2ccccc2C)c(=O)c2sccc21. The highest BCUT2D eigenvalue weighted by Crippen LogP contribution is 2.18. The van der Waals surface area contributed by atoms with Crippen LogP contribution in [0.3, 0.4) is 0 Å². The minimum Gasteiger partial charge on any atom is -0.341 e. The average Bonchev–Trinajstić information content (AvgIpc) is 3.16. The van der Waals surface area contributed by atoms with Crippen molar-refractivity contribution < 1.29 is 4.79 Å². The van der Waals surface area contributed by atoms with Gasteiger partial charge in [-0.25, -0.2) is 9.36 Å². The predicted molar refractivity (Wildman–Crippen MR) is 114 cm³/mol. The van der Waals surface area contributed by atoms with Gasteiger partial charge in [0, 0.05) is 13.1 Å². The normalized spacial score (nSPS) is 11.1. The highest BCUT2D eigenvalue weighted by molar-refractivity contribution is 7.17. The molecule has 0 unspecified atom stereocenters. The van der Waals surface area contributed by atoms with E-state index in [9.17, 15) is 14.4 Å². The molecule has 3 rings (SSSR count). The lowest BCUT2D eigenvalue weighted by Gasteiger charge is -2.22. The molecule has 0 saturated heterocycles. The van der Waals surface area contributed by atoms with Gasteiger partial charge in [-0.1, -0.05) is 32.0 Å². The van der Waals surface area contributed by atoms with Gasteiger partial charge in [0.1, 0.15) is 11.2 Å². The van der Waals surface area contributed by atoms with E-state index >= 15 is 0 Å². The van der Waals surface area contributed by atoms with Gasteiger partial charge in [0.05, 0.1) is 11.2 Å². The van der Waals surface area contributed by atoms with Gasteiger partial charge in [0.2, 0.25) is 5.91 Å². The van der Waals surface area contributed by atoms with Crippen molar-refractivity contribution in [2.75, 3.05) is 13.1 Å². The van der Waals surface area contributed by atoms with E-state index in [1.165, 1.54) is 20.5 Å². The monoisotopic (exact) mass is 399 g/mol. The Hall–Kier alpha value is -2.67. The number of benzene rings is 1. The van der Waals surface area contributed by atoms with Crippen LogP contribution in [-0.2, 0) is 11.3 Å². The van der Waals surface area contributed by atoms with E-state index in [4.69, 9.17) is 0 Å². The first-order chi connectivity index (χ1) is 13.5. The Bertz CT molecular complexity index is 1100. The van der Waals surface area contributed by atoms with Gasteiger partial charge in [0.25, 0.3) is 5.56 Å². The molecule has 2 aromatic heterocycles. The van der Waals surface area contributed by atoms with Crippen molar-refractivity contribution in [3.05, 3.63) is 62.1 Å². The molecule has 0 N–H and O–H groups in total. The molecule has 1 amide bonds. The van der Waals surface area contributed by atoms with Crippen LogP contribution in [0.25, 0.3) is 15.9 Å². The minimum atomic E-state index is -0.480. The van der Waals surface area contributed by atoms with E-state index in [0.717, 1.165) is 18.4 Å². The zero-order valence-corrected chi connectivity index (χ0v) is 17.3. The third kappa shape index (κ3) is 3.67. The Balaban J connectivity index is 2.17. The molecule has 0 fully saturated rings. The molecular formula is C21H25N3O3S. The number of amides is 1. The number of carbonyl (C=O) groups is 1. The quantitative estimate of drug-likeness (QED) is 0.613. The van der Waals surface area contributed by atoms with Crippen LogP contribution in [0.2, 0.25) is 0 Å². The van der Waals surface area contributed by atoms with Crippen molar-refractivity contribution >= 4 is 27.5 Å². The van der Waals surface area contributed by atoms with Gasteiger partial charge in [0.15, 0.2) is 0 Å². The van der Waals surface area contributed by atoms with E-state index in [-0.39, 0.29) is 18.0 Å². The molecule has 0 radical (unpaired) electrons. The summed E-state index contributed by atoms with van der Waals surface area (Å²) in [6.07, 6.45) is 1.72. The second-order valence-electron chi connectivity index (χ2n) is 6.81. The topological polar surface area (TPSA) is 64.3 Å². The smallest absolute Gasteiger partial charge is 0.336 e. The first kappa shape index (κ1) is 20.1. The standard InChI is InChI=1S/C21H25N3O3S/c1-4-11-22(12-5-2)18(25)14-23-17-10-13-28-19(17)20(26)24(21(23)27)16-9-7-6-8-15(16)3/h6-10,13H,4-5,11-12,14H2,1-3H3. The lowest BCUT2D eigenvalue weighted by atomic mass is 10.2. The molecule has 7 heteroatoms. The van der Waals surface area contributed by atoms with Gasteiger partial charge < -0.3 is 4.90 Å². The van der Waals surface area contributed by atoms with Gasteiger partial charge in [-0.15, -0.1) is 11.3 Å². The number of hydrogen-bond acceptors (Lipinski definition) is 4. The maximum atomic E-state index is 13.3.